The van der Waals surface area contributed by atoms with Crippen LogP contribution in [-0.2, 0) is 11.2 Å². The van der Waals surface area contributed by atoms with E-state index in [0.717, 1.165) is 11.3 Å². The zero-order valence-electron chi connectivity index (χ0n) is 11.6. The quantitative estimate of drug-likeness (QED) is 0.845. The number of methoxy groups -OCH3 is 1. The van der Waals surface area contributed by atoms with Gasteiger partial charge in [0.15, 0.2) is 0 Å². The van der Waals surface area contributed by atoms with Gasteiger partial charge in [-0.1, -0.05) is 0 Å². The molecule has 0 aromatic heterocycles. The van der Waals surface area contributed by atoms with Gasteiger partial charge in [-0.2, -0.15) is 0 Å². The molecule has 0 aliphatic rings. The minimum atomic E-state index is -0.220. The zero-order valence-corrected chi connectivity index (χ0v) is 11.6. The van der Waals surface area contributed by atoms with E-state index in [1.807, 2.05) is 14.0 Å². The molecule has 0 saturated heterocycles. The molecule has 2 atom stereocenters. The molecule has 1 rings (SSSR count). The maximum atomic E-state index is 13.3. The molecule has 2 N–H and O–H groups in total. The van der Waals surface area contributed by atoms with Crippen LogP contribution in [0.2, 0.25) is 0 Å². The second kappa shape index (κ2) is 6.71. The van der Waals surface area contributed by atoms with Crippen LogP contribution in [0.5, 0.6) is 0 Å². The Bertz CT molecular complexity index is 382. The van der Waals surface area contributed by atoms with Gasteiger partial charge in [-0.15, -0.1) is 0 Å². The Morgan fingerprint density at radius 2 is 2.06 bits per heavy atom. The third-order valence-electron chi connectivity index (χ3n) is 3.03. The fourth-order valence-corrected chi connectivity index (χ4v) is 2.00. The van der Waals surface area contributed by atoms with Gasteiger partial charge >= 0.3 is 0 Å². The summed E-state index contributed by atoms with van der Waals surface area (Å²) in [7, 11) is 3.67. The number of ether oxygens (including phenoxy) is 1. The first-order chi connectivity index (χ1) is 8.45. The molecule has 0 radical (unpaired) electrons. The number of nitrogens with two attached hydrogens (primary N) is 1. The molecular formula is C14H23FN2O. The van der Waals surface area contributed by atoms with E-state index in [1.165, 1.54) is 6.07 Å². The number of benzene rings is 1. The summed E-state index contributed by atoms with van der Waals surface area (Å²) in [6.45, 7) is 4.63. The van der Waals surface area contributed by atoms with Gasteiger partial charge in [0.2, 0.25) is 0 Å². The molecule has 0 fully saturated rings. The Kier molecular flexibility index (Phi) is 5.56. The summed E-state index contributed by atoms with van der Waals surface area (Å²) >= 11 is 0. The van der Waals surface area contributed by atoms with Crippen molar-refractivity contribution in [1.29, 1.82) is 0 Å². The van der Waals surface area contributed by atoms with Gasteiger partial charge in [-0.05, 0) is 44.0 Å². The van der Waals surface area contributed by atoms with E-state index in [4.69, 9.17) is 10.5 Å². The van der Waals surface area contributed by atoms with E-state index in [2.05, 4.69) is 11.8 Å². The smallest absolute Gasteiger partial charge is 0.123 e. The van der Waals surface area contributed by atoms with Gasteiger partial charge in [-0.25, -0.2) is 4.39 Å². The fourth-order valence-electron chi connectivity index (χ4n) is 2.00. The van der Waals surface area contributed by atoms with Crippen molar-refractivity contribution in [2.45, 2.75) is 32.4 Å². The summed E-state index contributed by atoms with van der Waals surface area (Å²) in [6, 6.07) is 5.09. The molecule has 18 heavy (non-hydrogen) atoms. The van der Waals surface area contributed by atoms with Crippen LogP contribution in [0.15, 0.2) is 18.2 Å². The zero-order chi connectivity index (χ0) is 13.7. The number of rotatable bonds is 6. The normalized spacial score (nSPS) is 14.3. The standard InChI is InChI=1S/C14H23FN2O/c1-10(16)7-12-8-13(15)5-6-14(12)17(3)11(2)9-18-4/h5-6,8,10-11H,7,9,16H2,1-4H3. The Labute approximate surface area is 109 Å². The topological polar surface area (TPSA) is 38.5 Å². The summed E-state index contributed by atoms with van der Waals surface area (Å²) in [5.41, 5.74) is 7.77. The summed E-state index contributed by atoms with van der Waals surface area (Å²) in [5.74, 6) is -0.220. The highest BCUT2D eigenvalue weighted by molar-refractivity contribution is 5.54. The first-order valence-electron chi connectivity index (χ1n) is 6.21. The Hall–Kier alpha value is -1.13. The minimum absolute atomic E-state index is 0.0108. The lowest BCUT2D eigenvalue weighted by molar-refractivity contribution is 0.183. The lowest BCUT2D eigenvalue weighted by Gasteiger charge is -2.29. The summed E-state index contributed by atoms with van der Waals surface area (Å²) in [6.07, 6.45) is 0.664. The van der Waals surface area contributed by atoms with Crippen molar-refractivity contribution in [2.24, 2.45) is 5.73 Å². The Morgan fingerprint density at radius 3 is 2.61 bits per heavy atom. The molecule has 3 nitrogen and oxygen atoms in total. The maximum Gasteiger partial charge on any atom is 0.123 e. The fraction of sp³-hybridized carbons (Fsp3) is 0.571. The molecular weight excluding hydrogens is 231 g/mol. The monoisotopic (exact) mass is 254 g/mol. The summed E-state index contributed by atoms with van der Waals surface area (Å²) in [4.78, 5) is 2.10. The molecule has 0 saturated carbocycles. The van der Waals surface area contributed by atoms with Crippen molar-refractivity contribution in [3.8, 4) is 0 Å². The van der Waals surface area contributed by atoms with Crippen LogP contribution >= 0.6 is 0 Å². The first kappa shape index (κ1) is 14.9. The van der Waals surface area contributed by atoms with Crippen molar-refractivity contribution in [1.82, 2.24) is 0 Å². The van der Waals surface area contributed by atoms with Gasteiger partial charge in [0.05, 0.1) is 6.61 Å². The highest BCUT2D eigenvalue weighted by atomic mass is 19.1. The molecule has 0 spiro atoms. The number of halogens is 1. The Morgan fingerprint density at radius 1 is 1.39 bits per heavy atom. The van der Waals surface area contributed by atoms with E-state index in [0.29, 0.717) is 13.0 Å². The molecule has 0 bridgehead atoms. The van der Waals surface area contributed by atoms with E-state index >= 15 is 0 Å². The SMILES string of the molecule is COCC(C)N(C)c1ccc(F)cc1CC(C)N. The van der Waals surface area contributed by atoms with Crippen LogP contribution in [0.1, 0.15) is 19.4 Å². The molecule has 0 amide bonds. The van der Waals surface area contributed by atoms with Crippen molar-refractivity contribution < 1.29 is 9.13 Å². The van der Waals surface area contributed by atoms with Crippen LogP contribution in [0.4, 0.5) is 10.1 Å². The van der Waals surface area contributed by atoms with Crippen molar-refractivity contribution in [3.05, 3.63) is 29.6 Å². The molecule has 1 aromatic carbocycles. The van der Waals surface area contributed by atoms with Crippen molar-refractivity contribution >= 4 is 5.69 Å². The van der Waals surface area contributed by atoms with E-state index in [9.17, 15) is 4.39 Å². The molecule has 1 aromatic rings. The second-order valence-electron chi connectivity index (χ2n) is 4.87. The molecule has 102 valence electrons. The third-order valence-corrected chi connectivity index (χ3v) is 3.03. The van der Waals surface area contributed by atoms with E-state index in [-0.39, 0.29) is 17.9 Å². The maximum absolute atomic E-state index is 13.3. The van der Waals surface area contributed by atoms with E-state index < -0.39 is 0 Å². The second-order valence-corrected chi connectivity index (χ2v) is 4.87. The summed E-state index contributed by atoms with van der Waals surface area (Å²) < 4.78 is 18.5. The Balaban J connectivity index is 2.99. The number of hydrogen-bond acceptors (Lipinski definition) is 3. The summed E-state index contributed by atoms with van der Waals surface area (Å²) in [5, 5.41) is 0. The van der Waals surface area contributed by atoms with Crippen molar-refractivity contribution in [2.75, 3.05) is 25.7 Å². The number of anilines is 1. The molecule has 4 heteroatoms. The van der Waals surface area contributed by atoms with Gasteiger partial charge in [0.1, 0.15) is 5.82 Å². The van der Waals surface area contributed by atoms with Crippen LogP contribution in [-0.4, -0.2) is 32.8 Å². The largest absolute Gasteiger partial charge is 0.383 e. The number of nitrogens with zero attached hydrogens (tertiary/aromatic N) is 1. The van der Waals surface area contributed by atoms with Crippen LogP contribution in [0.25, 0.3) is 0 Å². The first-order valence-corrected chi connectivity index (χ1v) is 6.21. The predicted octanol–water partition coefficient (Wildman–Crippen LogP) is 2.19. The average Bonchev–Trinajstić information content (AvgIpc) is 2.28. The molecule has 0 heterocycles. The van der Waals surface area contributed by atoms with Crippen LogP contribution in [0.3, 0.4) is 0 Å². The average molecular weight is 254 g/mol. The third kappa shape index (κ3) is 3.96. The van der Waals surface area contributed by atoms with Gasteiger partial charge in [0.25, 0.3) is 0 Å². The minimum Gasteiger partial charge on any atom is -0.383 e. The lowest BCUT2D eigenvalue weighted by Crippen LogP contribution is -2.33. The number of hydrogen-bond donors (Lipinski definition) is 1. The van der Waals surface area contributed by atoms with Crippen LogP contribution < -0.4 is 10.6 Å². The van der Waals surface area contributed by atoms with Crippen molar-refractivity contribution in [3.63, 3.8) is 0 Å². The van der Waals surface area contributed by atoms with Crippen LogP contribution in [0, 0.1) is 5.82 Å². The predicted molar refractivity (Wildman–Crippen MR) is 73.5 cm³/mol. The van der Waals surface area contributed by atoms with E-state index in [1.54, 1.807) is 19.2 Å². The molecule has 0 aliphatic carbocycles. The molecule has 0 aliphatic heterocycles. The lowest BCUT2D eigenvalue weighted by atomic mass is 10.0. The van der Waals surface area contributed by atoms with Gasteiger partial charge < -0.3 is 15.4 Å². The highest BCUT2D eigenvalue weighted by Crippen LogP contribution is 2.23. The van der Waals surface area contributed by atoms with Gasteiger partial charge in [0, 0.05) is 31.9 Å². The molecule has 2 unspecified atom stereocenters. The van der Waals surface area contributed by atoms with Gasteiger partial charge in [-0.3, -0.25) is 0 Å². The number of likely N-dealkylation sites (N-methyl/N-ethyl adjacent to an activating group) is 1. The highest BCUT2D eigenvalue weighted by Gasteiger charge is 2.15.